The van der Waals surface area contributed by atoms with Crippen LogP contribution in [0.3, 0.4) is 0 Å². The molecule has 3 amide bonds. The van der Waals surface area contributed by atoms with E-state index in [9.17, 15) is 14.4 Å². The number of amides is 3. The van der Waals surface area contributed by atoms with Gasteiger partial charge in [-0.2, -0.15) is 5.10 Å². The molecule has 0 saturated heterocycles. The molecule has 0 heterocycles. The van der Waals surface area contributed by atoms with E-state index in [2.05, 4.69) is 21.2 Å². The van der Waals surface area contributed by atoms with E-state index in [1.54, 1.807) is 30.3 Å². The van der Waals surface area contributed by atoms with Crippen LogP contribution in [0.4, 0.5) is 5.69 Å². The molecular formula is C26H26N4O4. The molecule has 0 spiro atoms. The summed E-state index contributed by atoms with van der Waals surface area (Å²) in [4.78, 5) is 35.9. The Morgan fingerprint density at radius 2 is 1.71 bits per heavy atom. The second kappa shape index (κ2) is 12.5. The molecule has 3 aromatic rings. The van der Waals surface area contributed by atoms with Crippen LogP contribution >= 0.6 is 0 Å². The van der Waals surface area contributed by atoms with Crippen LogP contribution in [-0.2, 0) is 20.8 Å². The first-order valence-electron chi connectivity index (χ1n) is 10.7. The summed E-state index contributed by atoms with van der Waals surface area (Å²) in [6.45, 7) is 2.13. The summed E-state index contributed by atoms with van der Waals surface area (Å²) in [5.74, 6) is -1.43. The third kappa shape index (κ3) is 8.23. The third-order valence-electron chi connectivity index (χ3n) is 4.66. The zero-order valence-electron chi connectivity index (χ0n) is 18.8. The first-order chi connectivity index (χ1) is 16.5. The highest BCUT2D eigenvalue weighted by Gasteiger charge is 2.11. The Kier molecular flexibility index (Phi) is 8.92. The quantitative estimate of drug-likeness (QED) is 0.260. The molecule has 0 aliphatic heterocycles. The van der Waals surface area contributed by atoms with Crippen molar-refractivity contribution in [3.05, 3.63) is 95.6 Å². The van der Waals surface area contributed by atoms with Crippen LogP contribution in [0.1, 0.15) is 16.7 Å². The van der Waals surface area contributed by atoms with Gasteiger partial charge in [-0.05, 0) is 54.3 Å². The number of hydrogen-bond donors (Lipinski definition) is 3. The highest BCUT2D eigenvalue weighted by molar-refractivity contribution is 6.35. The monoisotopic (exact) mass is 458 g/mol. The van der Waals surface area contributed by atoms with E-state index in [0.717, 1.165) is 11.1 Å². The summed E-state index contributed by atoms with van der Waals surface area (Å²) in [6.07, 6.45) is 2.01. The van der Waals surface area contributed by atoms with Crippen LogP contribution in [0.15, 0.2) is 84.0 Å². The van der Waals surface area contributed by atoms with Crippen molar-refractivity contribution >= 4 is 29.6 Å². The van der Waals surface area contributed by atoms with Crippen LogP contribution in [0.25, 0.3) is 0 Å². The third-order valence-corrected chi connectivity index (χ3v) is 4.66. The van der Waals surface area contributed by atoms with Gasteiger partial charge in [-0.25, -0.2) is 5.43 Å². The summed E-state index contributed by atoms with van der Waals surface area (Å²) in [6, 6.07) is 24.0. The first kappa shape index (κ1) is 24.2. The highest BCUT2D eigenvalue weighted by atomic mass is 16.5. The summed E-state index contributed by atoms with van der Waals surface area (Å²) in [5.41, 5.74) is 5.63. The molecule has 0 bridgehead atoms. The van der Waals surface area contributed by atoms with Gasteiger partial charge in [0.1, 0.15) is 5.75 Å². The van der Waals surface area contributed by atoms with Gasteiger partial charge in [0.05, 0.1) is 6.21 Å². The number of ether oxygens (including phenoxy) is 1. The Morgan fingerprint density at radius 1 is 0.912 bits per heavy atom. The Hall–Kier alpha value is -4.46. The van der Waals surface area contributed by atoms with Crippen molar-refractivity contribution in [2.75, 3.05) is 18.5 Å². The van der Waals surface area contributed by atoms with Gasteiger partial charge in [-0.3, -0.25) is 14.4 Å². The zero-order valence-corrected chi connectivity index (χ0v) is 18.8. The second-order valence-electron chi connectivity index (χ2n) is 7.47. The van der Waals surface area contributed by atoms with Crippen molar-refractivity contribution in [2.45, 2.75) is 13.3 Å². The molecule has 0 fully saturated rings. The Bertz CT molecular complexity index is 1160. The van der Waals surface area contributed by atoms with Crippen molar-refractivity contribution < 1.29 is 19.1 Å². The molecule has 0 aliphatic carbocycles. The van der Waals surface area contributed by atoms with Gasteiger partial charge in [-0.1, -0.05) is 54.6 Å². The lowest BCUT2D eigenvalue weighted by atomic mass is 10.1. The number of hydrogen-bond acceptors (Lipinski definition) is 5. The molecule has 3 N–H and O–H groups in total. The summed E-state index contributed by atoms with van der Waals surface area (Å²) in [5, 5.41) is 9.14. The number of nitrogens with one attached hydrogen (secondary N) is 3. The van der Waals surface area contributed by atoms with Crippen molar-refractivity contribution in [2.24, 2.45) is 5.10 Å². The van der Waals surface area contributed by atoms with Crippen LogP contribution in [0, 0.1) is 6.92 Å². The maximum atomic E-state index is 12.1. The second-order valence-corrected chi connectivity index (χ2v) is 7.47. The minimum Gasteiger partial charge on any atom is -0.484 e. The number of anilines is 1. The van der Waals surface area contributed by atoms with E-state index in [0.29, 0.717) is 30.0 Å². The fourth-order valence-corrected chi connectivity index (χ4v) is 3.01. The summed E-state index contributed by atoms with van der Waals surface area (Å²) >= 11 is 0. The van der Waals surface area contributed by atoms with Gasteiger partial charge in [0, 0.05) is 12.2 Å². The van der Waals surface area contributed by atoms with Gasteiger partial charge >= 0.3 is 11.8 Å². The summed E-state index contributed by atoms with van der Waals surface area (Å²) in [7, 11) is 0. The van der Waals surface area contributed by atoms with E-state index < -0.39 is 11.8 Å². The van der Waals surface area contributed by atoms with Crippen LogP contribution in [0.2, 0.25) is 0 Å². The molecule has 3 rings (SSSR count). The average Bonchev–Trinajstić information content (AvgIpc) is 2.83. The van der Waals surface area contributed by atoms with Gasteiger partial charge in [0.2, 0.25) is 0 Å². The van der Waals surface area contributed by atoms with Gasteiger partial charge < -0.3 is 15.4 Å². The molecule has 0 atom stereocenters. The molecule has 34 heavy (non-hydrogen) atoms. The molecular weight excluding hydrogens is 432 g/mol. The summed E-state index contributed by atoms with van der Waals surface area (Å²) < 4.78 is 5.53. The largest absolute Gasteiger partial charge is 0.484 e. The topological polar surface area (TPSA) is 109 Å². The maximum absolute atomic E-state index is 12.1. The predicted molar refractivity (Wildman–Crippen MR) is 131 cm³/mol. The molecule has 0 unspecified atom stereocenters. The Balaban J connectivity index is 1.41. The minimum atomic E-state index is -0.857. The molecule has 174 valence electrons. The molecule has 0 saturated carbocycles. The SMILES string of the molecule is Cc1cccc(NC(=O)COc2cccc(C=NNC(=O)C(=O)NCCc3ccccc3)c2)c1. The molecule has 3 aromatic carbocycles. The van der Waals surface area contributed by atoms with Crippen molar-refractivity contribution in [3.63, 3.8) is 0 Å². The Labute approximate surface area is 198 Å². The molecule has 0 aliphatic rings. The predicted octanol–water partition coefficient (Wildman–Crippen LogP) is 2.82. The fraction of sp³-hybridized carbons (Fsp3) is 0.154. The van der Waals surface area contributed by atoms with Crippen molar-refractivity contribution in [3.8, 4) is 5.75 Å². The standard InChI is InChI=1S/C26H26N4O4/c1-19-7-5-11-22(15-19)29-24(31)18-34-23-12-6-10-21(16-23)17-28-30-26(33)25(32)27-14-13-20-8-3-2-4-9-20/h2-12,15-17H,13-14,18H2,1H3,(H,27,32)(H,29,31)(H,30,33). The lowest BCUT2D eigenvalue weighted by Gasteiger charge is -2.08. The van der Waals surface area contributed by atoms with E-state index in [-0.39, 0.29) is 12.5 Å². The number of carbonyl (C=O) groups is 3. The highest BCUT2D eigenvalue weighted by Crippen LogP contribution is 2.13. The number of benzene rings is 3. The smallest absolute Gasteiger partial charge is 0.329 e. The molecule has 8 nitrogen and oxygen atoms in total. The van der Waals surface area contributed by atoms with Gasteiger partial charge in [0.15, 0.2) is 6.61 Å². The van der Waals surface area contributed by atoms with Gasteiger partial charge in [0.25, 0.3) is 5.91 Å². The normalized spacial score (nSPS) is 10.5. The van der Waals surface area contributed by atoms with E-state index in [4.69, 9.17) is 4.74 Å². The van der Waals surface area contributed by atoms with Crippen LogP contribution in [-0.4, -0.2) is 37.1 Å². The van der Waals surface area contributed by atoms with Crippen LogP contribution < -0.4 is 20.8 Å². The first-order valence-corrected chi connectivity index (χ1v) is 10.7. The van der Waals surface area contributed by atoms with Gasteiger partial charge in [-0.15, -0.1) is 0 Å². The van der Waals surface area contributed by atoms with Crippen molar-refractivity contribution in [1.82, 2.24) is 10.7 Å². The lowest BCUT2D eigenvalue weighted by molar-refractivity contribution is -0.139. The Morgan fingerprint density at radius 3 is 2.50 bits per heavy atom. The number of aryl methyl sites for hydroxylation is 1. The van der Waals surface area contributed by atoms with E-state index in [1.807, 2.05) is 55.5 Å². The lowest BCUT2D eigenvalue weighted by Crippen LogP contribution is -2.38. The number of rotatable bonds is 9. The average molecular weight is 459 g/mol. The number of carbonyl (C=O) groups excluding carboxylic acids is 3. The van der Waals surface area contributed by atoms with Crippen molar-refractivity contribution in [1.29, 1.82) is 0 Å². The minimum absolute atomic E-state index is 0.158. The maximum Gasteiger partial charge on any atom is 0.329 e. The van der Waals surface area contributed by atoms with E-state index in [1.165, 1.54) is 6.21 Å². The molecule has 0 radical (unpaired) electrons. The number of nitrogens with zero attached hydrogens (tertiary/aromatic N) is 1. The zero-order chi connectivity index (χ0) is 24.2. The van der Waals surface area contributed by atoms with Crippen LogP contribution in [0.5, 0.6) is 5.75 Å². The molecule has 8 heteroatoms. The fourth-order valence-electron chi connectivity index (χ4n) is 3.01. The molecule has 0 aromatic heterocycles. The van der Waals surface area contributed by atoms with E-state index >= 15 is 0 Å². The number of hydrazone groups is 1.